The van der Waals surface area contributed by atoms with Crippen LogP contribution >= 0.6 is 0 Å². The Kier molecular flexibility index (Phi) is 5.80. The third-order valence-electron chi connectivity index (χ3n) is 0.770. The predicted molar refractivity (Wildman–Crippen MR) is 35.4 cm³/mol. The van der Waals surface area contributed by atoms with Gasteiger partial charge in [-0.15, -0.1) is 0 Å². The van der Waals surface area contributed by atoms with Crippen molar-refractivity contribution < 1.29 is 14.3 Å². The number of carbonyl (C=O) groups is 1. The molecule has 5 nitrogen and oxygen atoms in total. The van der Waals surface area contributed by atoms with Crippen LogP contribution in [-0.4, -0.2) is 33.1 Å². The van der Waals surface area contributed by atoms with Gasteiger partial charge in [0.2, 0.25) is 0 Å². The van der Waals surface area contributed by atoms with Crippen molar-refractivity contribution in [1.82, 2.24) is 5.32 Å². The first-order chi connectivity index (χ1) is 4.77. The van der Waals surface area contributed by atoms with Crippen LogP contribution < -0.4 is 11.1 Å². The average molecular weight is 148 g/mol. The Morgan fingerprint density at radius 1 is 1.70 bits per heavy atom. The summed E-state index contributed by atoms with van der Waals surface area (Å²) >= 11 is 0. The van der Waals surface area contributed by atoms with Crippen molar-refractivity contribution in [3.8, 4) is 0 Å². The molecule has 0 atom stereocenters. The monoisotopic (exact) mass is 148 g/mol. The number of carbonyl (C=O) groups excluding carboxylic acids is 1. The van der Waals surface area contributed by atoms with E-state index in [9.17, 15) is 4.79 Å². The van der Waals surface area contributed by atoms with E-state index in [1.165, 1.54) is 0 Å². The van der Waals surface area contributed by atoms with Gasteiger partial charge in [0.15, 0.2) is 0 Å². The number of nitrogens with two attached hydrogens (primary N) is 1. The lowest BCUT2D eigenvalue weighted by molar-refractivity contribution is 0.141. The number of ether oxygens (including phenoxy) is 2. The molecule has 0 aromatic rings. The van der Waals surface area contributed by atoms with Crippen molar-refractivity contribution in [2.75, 3.05) is 27.0 Å². The van der Waals surface area contributed by atoms with Gasteiger partial charge < -0.3 is 15.2 Å². The smallest absolute Gasteiger partial charge is 0.404 e. The molecule has 0 fully saturated rings. The Morgan fingerprint density at radius 2 is 2.40 bits per heavy atom. The zero-order valence-corrected chi connectivity index (χ0v) is 5.92. The van der Waals surface area contributed by atoms with Gasteiger partial charge in [0, 0.05) is 13.7 Å². The van der Waals surface area contributed by atoms with Gasteiger partial charge in [-0.2, -0.15) is 0 Å². The van der Waals surface area contributed by atoms with E-state index in [2.05, 4.69) is 20.5 Å². The van der Waals surface area contributed by atoms with E-state index in [4.69, 9.17) is 0 Å². The number of hydrogen-bond acceptors (Lipinski definition) is 4. The molecule has 0 bridgehead atoms. The first kappa shape index (κ1) is 9.19. The summed E-state index contributed by atoms with van der Waals surface area (Å²) in [7, 11) is 1.57. The van der Waals surface area contributed by atoms with Crippen molar-refractivity contribution in [1.29, 1.82) is 0 Å². The Labute approximate surface area is 59.5 Å². The summed E-state index contributed by atoms with van der Waals surface area (Å²) in [6, 6.07) is 0. The van der Waals surface area contributed by atoms with Crippen LogP contribution in [-0.2, 0) is 9.47 Å². The predicted octanol–water partition coefficient (Wildman–Crippen LogP) is -0.725. The average Bonchev–Trinajstić information content (AvgIpc) is 1.87. The third-order valence-corrected chi connectivity index (χ3v) is 0.770. The molecule has 0 heterocycles. The number of primary amides is 1. The van der Waals surface area contributed by atoms with Crippen LogP contribution in [0.5, 0.6) is 0 Å². The van der Waals surface area contributed by atoms with Crippen LogP contribution in [0.15, 0.2) is 0 Å². The molecule has 3 N–H and O–H groups in total. The number of amides is 1. The maximum Gasteiger partial charge on any atom is 0.404 e. The summed E-state index contributed by atoms with van der Waals surface area (Å²) < 4.78 is 9.08. The molecule has 5 heteroatoms. The normalized spacial score (nSPS) is 9.30. The van der Waals surface area contributed by atoms with Gasteiger partial charge in [0.25, 0.3) is 0 Å². The molecule has 0 aliphatic carbocycles. The second kappa shape index (κ2) is 6.31. The molecule has 60 valence electrons. The molecule has 0 radical (unpaired) electrons. The van der Waals surface area contributed by atoms with Gasteiger partial charge in [-0.25, -0.2) is 4.79 Å². The third kappa shape index (κ3) is 7.19. The number of hydrogen-bond donors (Lipinski definition) is 2. The zero-order chi connectivity index (χ0) is 7.82. The molecule has 0 aliphatic rings. The van der Waals surface area contributed by atoms with Crippen LogP contribution in [0, 0.1) is 0 Å². The quantitative estimate of drug-likeness (QED) is 0.398. The molecule has 1 amide bonds. The van der Waals surface area contributed by atoms with Crippen molar-refractivity contribution in [2.24, 2.45) is 5.73 Å². The minimum atomic E-state index is -0.751. The fourth-order valence-electron chi connectivity index (χ4n) is 0.398. The maximum atomic E-state index is 9.97. The zero-order valence-electron chi connectivity index (χ0n) is 5.92. The molecule has 0 aromatic carbocycles. The maximum absolute atomic E-state index is 9.97. The first-order valence-corrected chi connectivity index (χ1v) is 2.89. The van der Waals surface area contributed by atoms with Gasteiger partial charge in [0.1, 0.15) is 6.61 Å². The number of rotatable bonds is 5. The van der Waals surface area contributed by atoms with Crippen molar-refractivity contribution in [3.05, 3.63) is 0 Å². The standard InChI is InChI=1S/C5H12N2O3/c1-9-4-7-2-3-10-5(6)8/h7H,2-4H2,1H3,(H2,6,8). The molecule has 0 rings (SSSR count). The second-order valence-electron chi connectivity index (χ2n) is 1.60. The van der Waals surface area contributed by atoms with Crippen molar-refractivity contribution in [2.45, 2.75) is 0 Å². The van der Waals surface area contributed by atoms with Gasteiger partial charge in [-0.3, -0.25) is 5.32 Å². The molecular weight excluding hydrogens is 136 g/mol. The second-order valence-corrected chi connectivity index (χ2v) is 1.60. The highest BCUT2D eigenvalue weighted by Crippen LogP contribution is 1.70. The van der Waals surface area contributed by atoms with Crippen LogP contribution in [0.1, 0.15) is 0 Å². The van der Waals surface area contributed by atoms with E-state index in [1.807, 2.05) is 0 Å². The SMILES string of the molecule is COCNCCOC(N)=O. The minimum Gasteiger partial charge on any atom is -0.448 e. The number of methoxy groups -OCH3 is 1. The largest absolute Gasteiger partial charge is 0.448 e. The Bertz CT molecular complexity index is 96.9. The lowest BCUT2D eigenvalue weighted by atomic mass is 10.7. The molecule has 0 saturated carbocycles. The highest BCUT2D eigenvalue weighted by Gasteiger charge is 1.90. The highest BCUT2D eigenvalue weighted by molar-refractivity contribution is 5.64. The summed E-state index contributed by atoms with van der Waals surface area (Å²) in [5.74, 6) is 0. The molecular formula is C5H12N2O3. The minimum absolute atomic E-state index is 0.276. The molecule has 0 unspecified atom stereocenters. The Balaban J connectivity index is 2.84. The van der Waals surface area contributed by atoms with Gasteiger partial charge >= 0.3 is 6.09 Å². The van der Waals surface area contributed by atoms with E-state index in [-0.39, 0.29) is 6.61 Å². The Hall–Kier alpha value is -0.810. The van der Waals surface area contributed by atoms with E-state index in [1.54, 1.807) is 7.11 Å². The van der Waals surface area contributed by atoms with E-state index in [0.29, 0.717) is 13.3 Å². The van der Waals surface area contributed by atoms with Crippen LogP contribution in [0.4, 0.5) is 4.79 Å². The van der Waals surface area contributed by atoms with E-state index >= 15 is 0 Å². The summed E-state index contributed by atoms with van der Waals surface area (Å²) in [6.07, 6.45) is -0.751. The fraction of sp³-hybridized carbons (Fsp3) is 0.800. The Morgan fingerprint density at radius 3 is 2.90 bits per heavy atom. The lowest BCUT2D eigenvalue weighted by Crippen LogP contribution is -2.24. The summed E-state index contributed by atoms with van der Waals surface area (Å²) in [6.45, 7) is 1.28. The molecule has 0 aliphatic heterocycles. The lowest BCUT2D eigenvalue weighted by Gasteiger charge is -2.01. The molecule has 0 spiro atoms. The summed E-state index contributed by atoms with van der Waals surface area (Å²) in [5.41, 5.74) is 4.69. The van der Waals surface area contributed by atoms with Gasteiger partial charge in [-0.1, -0.05) is 0 Å². The molecule has 10 heavy (non-hydrogen) atoms. The van der Waals surface area contributed by atoms with Gasteiger partial charge in [-0.05, 0) is 0 Å². The van der Waals surface area contributed by atoms with Crippen LogP contribution in [0.2, 0.25) is 0 Å². The van der Waals surface area contributed by atoms with Gasteiger partial charge in [0.05, 0.1) is 6.73 Å². The topological polar surface area (TPSA) is 73.6 Å². The fourth-order valence-corrected chi connectivity index (χ4v) is 0.398. The highest BCUT2D eigenvalue weighted by atomic mass is 16.5. The van der Waals surface area contributed by atoms with Crippen LogP contribution in [0.25, 0.3) is 0 Å². The van der Waals surface area contributed by atoms with Crippen molar-refractivity contribution >= 4 is 6.09 Å². The first-order valence-electron chi connectivity index (χ1n) is 2.89. The van der Waals surface area contributed by atoms with Crippen molar-refractivity contribution in [3.63, 3.8) is 0 Å². The van der Waals surface area contributed by atoms with E-state index < -0.39 is 6.09 Å². The van der Waals surface area contributed by atoms with E-state index in [0.717, 1.165) is 0 Å². The summed E-state index contributed by atoms with van der Waals surface area (Å²) in [5, 5.41) is 2.84. The molecule has 0 aromatic heterocycles. The molecule has 0 saturated heterocycles. The van der Waals surface area contributed by atoms with Crippen LogP contribution in [0.3, 0.4) is 0 Å². The summed E-state index contributed by atoms with van der Waals surface area (Å²) in [4.78, 5) is 9.97. The number of nitrogens with one attached hydrogen (secondary N) is 1.